The van der Waals surface area contributed by atoms with Crippen LogP contribution in [-0.4, -0.2) is 4.57 Å². The van der Waals surface area contributed by atoms with Crippen molar-refractivity contribution in [3.63, 3.8) is 0 Å². The highest BCUT2D eigenvalue weighted by molar-refractivity contribution is 7.13. The summed E-state index contributed by atoms with van der Waals surface area (Å²) in [4.78, 5) is 2.00. The van der Waals surface area contributed by atoms with E-state index in [1.807, 2.05) is 25.2 Å². The van der Waals surface area contributed by atoms with E-state index in [-0.39, 0.29) is 0 Å². The number of rotatable bonds is 2. The van der Waals surface area contributed by atoms with E-state index in [0.29, 0.717) is 0 Å². The molecule has 0 amide bonds. The first-order valence-corrected chi connectivity index (χ1v) is 7.58. The van der Waals surface area contributed by atoms with Crippen molar-refractivity contribution in [2.75, 3.05) is 0 Å². The molecule has 2 N–H and O–H groups in total. The van der Waals surface area contributed by atoms with Gasteiger partial charge >= 0.3 is 0 Å². The molecule has 0 aliphatic rings. The lowest BCUT2D eigenvalue weighted by Crippen LogP contribution is -2.13. The molecule has 0 saturated heterocycles. The second-order valence-corrected chi connectivity index (χ2v) is 5.96. The third-order valence-electron chi connectivity index (χ3n) is 3.50. The monoisotopic (exact) mass is 295 g/mol. The van der Waals surface area contributed by atoms with Gasteiger partial charge in [0.05, 0.1) is 10.6 Å². The van der Waals surface area contributed by atoms with Gasteiger partial charge in [0.15, 0.2) is 0 Å². The largest absolute Gasteiger partial charge is 0.320 e. The summed E-state index contributed by atoms with van der Waals surface area (Å²) in [6.07, 6.45) is 0. The Labute approximate surface area is 128 Å². The molecule has 0 atom stereocenters. The van der Waals surface area contributed by atoms with Gasteiger partial charge in [0.25, 0.3) is 0 Å². The van der Waals surface area contributed by atoms with Crippen molar-refractivity contribution in [2.24, 2.45) is 18.0 Å². The van der Waals surface area contributed by atoms with Crippen molar-refractivity contribution in [1.29, 1.82) is 0 Å². The van der Waals surface area contributed by atoms with Gasteiger partial charge in [-0.2, -0.15) is 5.10 Å². The molecule has 3 rings (SSSR count). The topological polar surface area (TPSA) is 43.3 Å². The van der Waals surface area contributed by atoms with E-state index in [1.54, 1.807) is 11.3 Å². The summed E-state index contributed by atoms with van der Waals surface area (Å²) >= 11 is 1.61. The van der Waals surface area contributed by atoms with Gasteiger partial charge in [-0.05, 0) is 18.1 Å². The average molecular weight is 295 g/mol. The predicted molar refractivity (Wildman–Crippen MR) is 88.6 cm³/mol. The molecule has 0 saturated carbocycles. The van der Waals surface area contributed by atoms with E-state index in [9.17, 15) is 0 Å². The second kappa shape index (κ2) is 5.58. The summed E-state index contributed by atoms with van der Waals surface area (Å²) in [5, 5.41) is 3.90. The number of nitrogens with zero attached hydrogens (tertiary/aromatic N) is 2. The van der Waals surface area contributed by atoms with Crippen LogP contribution in [0.4, 0.5) is 0 Å². The van der Waals surface area contributed by atoms with Crippen LogP contribution in [0, 0.1) is 6.92 Å². The molecule has 3 aromatic rings. The van der Waals surface area contributed by atoms with E-state index in [0.717, 1.165) is 10.5 Å². The second-order valence-electron chi connectivity index (χ2n) is 4.98. The Kier molecular flexibility index (Phi) is 3.62. The molecule has 1 heterocycles. The smallest absolute Gasteiger partial charge is 0.208 e. The molecule has 0 radical (unpaired) electrons. The first-order chi connectivity index (χ1) is 10.2. The van der Waals surface area contributed by atoms with Crippen LogP contribution in [0.15, 0.2) is 59.7 Å². The zero-order valence-electron chi connectivity index (χ0n) is 12.1. The Bertz CT molecular complexity index is 811. The highest BCUT2D eigenvalue weighted by Gasteiger charge is 2.14. The lowest BCUT2D eigenvalue weighted by molar-refractivity contribution is 0.863. The summed E-state index contributed by atoms with van der Waals surface area (Å²) in [6.45, 7) is 2.09. The Morgan fingerprint density at radius 1 is 0.952 bits per heavy atom. The van der Waals surface area contributed by atoms with Crippen LogP contribution >= 0.6 is 11.3 Å². The van der Waals surface area contributed by atoms with Crippen molar-refractivity contribution in [1.82, 2.24) is 4.57 Å². The molecule has 0 aliphatic carbocycles. The van der Waals surface area contributed by atoms with Gasteiger partial charge in [0.1, 0.15) is 0 Å². The fraction of sp³-hybridized carbons (Fsp3) is 0.118. The molecule has 0 bridgehead atoms. The number of benzene rings is 2. The highest BCUT2D eigenvalue weighted by atomic mass is 32.1. The third-order valence-corrected chi connectivity index (χ3v) is 4.70. The summed E-state index contributed by atoms with van der Waals surface area (Å²) in [5.74, 6) is 5.53. The van der Waals surface area contributed by atoms with Crippen LogP contribution in [0.1, 0.15) is 5.56 Å². The van der Waals surface area contributed by atoms with Crippen LogP contribution in [-0.2, 0) is 7.05 Å². The summed E-state index contributed by atoms with van der Waals surface area (Å²) in [7, 11) is 2.00. The molecule has 1 aromatic heterocycles. The number of aromatic nitrogens is 1. The molecule has 106 valence electrons. The summed E-state index contributed by atoms with van der Waals surface area (Å²) in [5.41, 5.74) is 4.76. The van der Waals surface area contributed by atoms with Crippen molar-refractivity contribution in [3.05, 3.63) is 65.0 Å². The van der Waals surface area contributed by atoms with Gasteiger partial charge < -0.3 is 10.4 Å². The van der Waals surface area contributed by atoms with E-state index < -0.39 is 0 Å². The number of hydrogen-bond donors (Lipinski definition) is 1. The quantitative estimate of drug-likeness (QED) is 0.570. The first kappa shape index (κ1) is 13.6. The van der Waals surface area contributed by atoms with Gasteiger partial charge in [-0.25, -0.2) is 0 Å². The lowest BCUT2D eigenvalue weighted by Gasteiger charge is -2.07. The highest BCUT2D eigenvalue weighted by Crippen LogP contribution is 2.34. The zero-order valence-corrected chi connectivity index (χ0v) is 12.9. The fourth-order valence-corrected chi connectivity index (χ4v) is 3.46. The minimum absolute atomic E-state index is 0.810. The van der Waals surface area contributed by atoms with Gasteiger partial charge in [0, 0.05) is 7.05 Å². The minimum Gasteiger partial charge on any atom is -0.320 e. The predicted octanol–water partition coefficient (Wildman–Crippen LogP) is 3.50. The van der Waals surface area contributed by atoms with Crippen molar-refractivity contribution in [3.8, 4) is 21.7 Å². The van der Waals surface area contributed by atoms with Crippen LogP contribution in [0.3, 0.4) is 0 Å². The molecular weight excluding hydrogens is 278 g/mol. The van der Waals surface area contributed by atoms with E-state index in [4.69, 9.17) is 5.84 Å². The first-order valence-electron chi connectivity index (χ1n) is 6.77. The van der Waals surface area contributed by atoms with Crippen molar-refractivity contribution in [2.45, 2.75) is 6.92 Å². The zero-order chi connectivity index (χ0) is 14.8. The van der Waals surface area contributed by atoms with Gasteiger partial charge in [-0.3, -0.25) is 0 Å². The number of nitrogens with two attached hydrogens (primary N) is 1. The van der Waals surface area contributed by atoms with Crippen LogP contribution < -0.4 is 10.6 Å². The summed E-state index contributed by atoms with van der Waals surface area (Å²) < 4.78 is 2.05. The summed E-state index contributed by atoms with van der Waals surface area (Å²) in [6, 6.07) is 18.9. The maximum absolute atomic E-state index is 5.53. The van der Waals surface area contributed by atoms with E-state index >= 15 is 0 Å². The molecule has 0 aliphatic heterocycles. The lowest BCUT2D eigenvalue weighted by atomic mass is 10.1. The number of hydrogen-bond acceptors (Lipinski definition) is 3. The maximum Gasteiger partial charge on any atom is 0.208 e. The molecular formula is C17H17N3S. The van der Waals surface area contributed by atoms with Crippen LogP contribution in [0.25, 0.3) is 21.7 Å². The average Bonchev–Trinajstić information content (AvgIpc) is 2.86. The molecule has 4 heteroatoms. The molecule has 3 nitrogen and oxygen atoms in total. The maximum atomic E-state index is 5.53. The number of thiazole rings is 1. The fourth-order valence-electron chi connectivity index (χ4n) is 2.39. The molecule has 0 unspecified atom stereocenters. The van der Waals surface area contributed by atoms with Gasteiger partial charge in [-0.15, -0.1) is 0 Å². The Morgan fingerprint density at radius 3 is 2.24 bits per heavy atom. The number of aryl methyl sites for hydroxylation is 1. The minimum atomic E-state index is 0.810. The Morgan fingerprint density at radius 2 is 1.62 bits per heavy atom. The third kappa shape index (κ3) is 2.50. The normalized spacial score (nSPS) is 11.8. The molecule has 2 aromatic carbocycles. The molecule has 0 fully saturated rings. The Balaban J connectivity index is 2.28. The van der Waals surface area contributed by atoms with Crippen molar-refractivity contribution >= 4 is 11.3 Å². The van der Waals surface area contributed by atoms with Crippen LogP contribution in [0.5, 0.6) is 0 Å². The SMILES string of the molecule is Cc1ccc(-c2c(-c3ccccc3)sc(=NN)n2C)cc1. The standard InChI is InChI=1S/C17H17N3S/c1-12-8-10-13(11-9-12)15-16(14-6-4-3-5-7-14)21-17(19-18)20(15)2/h3-11H,18H2,1-2H3. The van der Waals surface area contributed by atoms with Crippen LogP contribution in [0.2, 0.25) is 0 Å². The van der Waals surface area contributed by atoms with E-state index in [2.05, 4.69) is 53.0 Å². The molecule has 21 heavy (non-hydrogen) atoms. The van der Waals surface area contributed by atoms with Gasteiger partial charge in [0.2, 0.25) is 4.80 Å². The van der Waals surface area contributed by atoms with Crippen molar-refractivity contribution < 1.29 is 0 Å². The van der Waals surface area contributed by atoms with Gasteiger partial charge in [-0.1, -0.05) is 71.5 Å². The molecule has 0 spiro atoms. The Hall–Kier alpha value is -2.33. The van der Waals surface area contributed by atoms with E-state index in [1.165, 1.54) is 21.6 Å².